The highest BCUT2D eigenvalue weighted by molar-refractivity contribution is 7.12. The molecule has 0 saturated heterocycles. The first-order valence-corrected chi connectivity index (χ1v) is 7.27. The van der Waals surface area contributed by atoms with Crippen molar-refractivity contribution in [1.29, 1.82) is 0 Å². The van der Waals surface area contributed by atoms with Crippen LogP contribution in [0.4, 0.5) is 0 Å². The number of rotatable bonds is 5. The SMILES string of the molecule is CCC(C)(OC)c1nc(-c2ccccc2)c(CN)s1. The zero-order valence-electron chi connectivity index (χ0n) is 11.6. The molecule has 2 N–H and O–H groups in total. The van der Waals surface area contributed by atoms with Crippen LogP contribution in [0.5, 0.6) is 0 Å². The van der Waals surface area contributed by atoms with Gasteiger partial charge >= 0.3 is 0 Å². The minimum atomic E-state index is -0.332. The summed E-state index contributed by atoms with van der Waals surface area (Å²) in [6.07, 6.45) is 0.884. The molecule has 2 rings (SSSR count). The molecule has 1 atom stereocenters. The number of hydrogen-bond acceptors (Lipinski definition) is 4. The van der Waals surface area contributed by atoms with Crippen molar-refractivity contribution in [2.75, 3.05) is 7.11 Å². The Morgan fingerprint density at radius 1 is 1.32 bits per heavy atom. The van der Waals surface area contributed by atoms with Crippen molar-refractivity contribution in [2.45, 2.75) is 32.4 Å². The Kier molecular flexibility index (Phi) is 4.34. The summed E-state index contributed by atoms with van der Waals surface area (Å²) in [6, 6.07) is 10.2. The lowest BCUT2D eigenvalue weighted by Crippen LogP contribution is -2.22. The topological polar surface area (TPSA) is 48.1 Å². The molecule has 1 aromatic carbocycles. The van der Waals surface area contributed by atoms with E-state index in [1.165, 1.54) is 0 Å². The van der Waals surface area contributed by atoms with Gasteiger partial charge < -0.3 is 10.5 Å². The molecular formula is C15H20N2OS. The smallest absolute Gasteiger partial charge is 0.125 e. The minimum Gasteiger partial charge on any atom is -0.371 e. The molecule has 4 heteroatoms. The lowest BCUT2D eigenvalue weighted by Gasteiger charge is -2.23. The van der Waals surface area contributed by atoms with E-state index >= 15 is 0 Å². The summed E-state index contributed by atoms with van der Waals surface area (Å²) in [7, 11) is 1.73. The average molecular weight is 276 g/mol. The molecule has 0 aliphatic rings. The average Bonchev–Trinajstić information content (AvgIpc) is 2.92. The van der Waals surface area contributed by atoms with Crippen molar-refractivity contribution in [3.63, 3.8) is 0 Å². The van der Waals surface area contributed by atoms with Gasteiger partial charge in [0.05, 0.1) is 5.69 Å². The fourth-order valence-corrected chi connectivity index (χ4v) is 3.08. The maximum atomic E-state index is 5.86. The van der Waals surface area contributed by atoms with Gasteiger partial charge in [-0.1, -0.05) is 37.3 Å². The van der Waals surface area contributed by atoms with Gasteiger partial charge in [0.1, 0.15) is 10.6 Å². The van der Waals surface area contributed by atoms with Crippen molar-refractivity contribution < 1.29 is 4.74 Å². The van der Waals surface area contributed by atoms with Crippen LogP contribution in [-0.2, 0) is 16.9 Å². The Morgan fingerprint density at radius 2 is 2.00 bits per heavy atom. The van der Waals surface area contributed by atoms with E-state index in [4.69, 9.17) is 15.5 Å². The van der Waals surface area contributed by atoms with E-state index in [-0.39, 0.29) is 5.60 Å². The quantitative estimate of drug-likeness (QED) is 0.908. The number of nitrogens with two attached hydrogens (primary N) is 1. The van der Waals surface area contributed by atoms with Gasteiger partial charge in [-0.05, 0) is 13.3 Å². The molecule has 2 aromatic rings. The molecule has 0 amide bonds. The van der Waals surface area contributed by atoms with Crippen LogP contribution >= 0.6 is 11.3 Å². The van der Waals surface area contributed by atoms with E-state index in [1.54, 1.807) is 18.4 Å². The lowest BCUT2D eigenvalue weighted by atomic mass is 10.0. The van der Waals surface area contributed by atoms with Gasteiger partial charge in [-0.25, -0.2) is 4.98 Å². The molecule has 0 aliphatic carbocycles. The predicted molar refractivity (Wildman–Crippen MR) is 80.1 cm³/mol. The standard InChI is InChI=1S/C15H20N2OS/c1-4-15(2,18-3)14-17-13(12(10-16)19-14)11-8-6-5-7-9-11/h5-9H,4,10,16H2,1-3H3. The molecule has 0 saturated carbocycles. The third-order valence-electron chi connectivity index (χ3n) is 3.51. The maximum Gasteiger partial charge on any atom is 0.125 e. The van der Waals surface area contributed by atoms with Gasteiger partial charge in [0.25, 0.3) is 0 Å². The molecule has 0 fully saturated rings. The number of thiazole rings is 1. The molecule has 0 radical (unpaired) electrons. The molecule has 1 heterocycles. The number of hydrogen-bond donors (Lipinski definition) is 1. The summed E-state index contributed by atoms with van der Waals surface area (Å²) in [6.45, 7) is 4.68. The summed E-state index contributed by atoms with van der Waals surface area (Å²) >= 11 is 1.65. The first kappa shape index (κ1) is 14.2. The molecule has 19 heavy (non-hydrogen) atoms. The van der Waals surface area contributed by atoms with Crippen LogP contribution in [0.2, 0.25) is 0 Å². The van der Waals surface area contributed by atoms with Gasteiger partial charge in [-0.2, -0.15) is 0 Å². The first-order chi connectivity index (χ1) is 9.14. The fourth-order valence-electron chi connectivity index (χ4n) is 1.92. The molecular weight excluding hydrogens is 256 g/mol. The van der Waals surface area contributed by atoms with Crippen LogP contribution in [0.3, 0.4) is 0 Å². The number of benzene rings is 1. The van der Waals surface area contributed by atoms with Crippen LogP contribution < -0.4 is 5.73 Å². The third kappa shape index (κ3) is 2.71. The van der Waals surface area contributed by atoms with Crippen molar-refractivity contribution in [2.24, 2.45) is 5.73 Å². The van der Waals surface area contributed by atoms with Gasteiger partial charge in [0, 0.05) is 24.1 Å². The highest BCUT2D eigenvalue weighted by Gasteiger charge is 2.29. The summed E-state index contributed by atoms with van der Waals surface area (Å²) in [5.41, 5.74) is 7.62. The zero-order valence-corrected chi connectivity index (χ0v) is 12.5. The van der Waals surface area contributed by atoms with Gasteiger partial charge in [0.2, 0.25) is 0 Å². The van der Waals surface area contributed by atoms with Crippen molar-refractivity contribution >= 4 is 11.3 Å². The highest BCUT2D eigenvalue weighted by atomic mass is 32.1. The zero-order chi connectivity index (χ0) is 13.9. The number of methoxy groups -OCH3 is 1. The summed E-state index contributed by atoms with van der Waals surface area (Å²) < 4.78 is 5.63. The van der Waals surface area contributed by atoms with Crippen LogP contribution in [0, 0.1) is 0 Å². The fraction of sp³-hybridized carbons (Fsp3) is 0.400. The molecule has 3 nitrogen and oxygen atoms in total. The third-order valence-corrected chi connectivity index (χ3v) is 4.83. The van der Waals surface area contributed by atoms with Crippen molar-refractivity contribution in [1.82, 2.24) is 4.98 Å². The molecule has 0 bridgehead atoms. The second-order valence-corrected chi connectivity index (χ2v) is 5.73. The molecule has 102 valence electrons. The van der Waals surface area contributed by atoms with Gasteiger partial charge in [-0.15, -0.1) is 11.3 Å². The van der Waals surface area contributed by atoms with Crippen molar-refractivity contribution in [3.8, 4) is 11.3 Å². The highest BCUT2D eigenvalue weighted by Crippen LogP contribution is 2.36. The number of aromatic nitrogens is 1. The first-order valence-electron chi connectivity index (χ1n) is 6.45. The number of nitrogens with zero attached hydrogens (tertiary/aromatic N) is 1. The Labute approximate surface area is 118 Å². The lowest BCUT2D eigenvalue weighted by molar-refractivity contribution is -0.00149. The van der Waals surface area contributed by atoms with E-state index in [0.29, 0.717) is 6.54 Å². The van der Waals surface area contributed by atoms with E-state index in [9.17, 15) is 0 Å². The molecule has 0 spiro atoms. The Bertz CT molecular complexity index is 532. The van der Waals surface area contributed by atoms with Gasteiger partial charge in [0.15, 0.2) is 0 Å². The normalized spacial score (nSPS) is 14.3. The predicted octanol–water partition coefficient (Wildman–Crippen LogP) is 3.54. The van der Waals surface area contributed by atoms with Crippen molar-refractivity contribution in [3.05, 3.63) is 40.2 Å². The van der Waals surface area contributed by atoms with E-state index in [0.717, 1.165) is 27.6 Å². The minimum absolute atomic E-state index is 0.332. The van der Waals surface area contributed by atoms with Crippen LogP contribution in [0.25, 0.3) is 11.3 Å². The summed E-state index contributed by atoms with van der Waals surface area (Å²) in [5, 5.41) is 0.997. The Morgan fingerprint density at radius 3 is 2.53 bits per heavy atom. The van der Waals surface area contributed by atoms with Crippen LogP contribution in [0.15, 0.2) is 30.3 Å². The van der Waals surface area contributed by atoms with E-state index in [2.05, 4.69) is 26.0 Å². The van der Waals surface area contributed by atoms with Crippen LogP contribution in [-0.4, -0.2) is 12.1 Å². The Balaban J connectivity index is 2.49. The Hall–Kier alpha value is -1.23. The molecule has 1 aromatic heterocycles. The second kappa shape index (κ2) is 5.82. The summed E-state index contributed by atoms with van der Waals surface area (Å²) in [5.74, 6) is 0. The van der Waals surface area contributed by atoms with Crippen LogP contribution in [0.1, 0.15) is 30.2 Å². The maximum absolute atomic E-state index is 5.86. The van der Waals surface area contributed by atoms with E-state index < -0.39 is 0 Å². The largest absolute Gasteiger partial charge is 0.371 e. The molecule has 0 aliphatic heterocycles. The summed E-state index contributed by atoms with van der Waals surface area (Å²) in [4.78, 5) is 5.89. The number of ether oxygens (including phenoxy) is 1. The second-order valence-electron chi connectivity index (χ2n) is 4.65. The van der Waals surface area contributed by atoms with Gasteiger partial charge in [-0.3, -0.25) is 0 Å². The van der Waals surface area contributed by atoms with E-state index in [1.807, 2.05) is 18.2 Å². The molecule has 1 unspecified atom stereocenters. The monoisotopic (exact) mass is 276 g/mol.